The molecular weight excluding hydrogens is 318 g/mol. The van der Waals surface area contributed by atoms with Crippen LogP contribution in [0.2, 0.25) is 0 Å². The van der Waals surface area contributed by atoms with Crippen molar-refractivity contribution >= 4 is 0 Å². The zero-order chi connectivity index (χ0) is 17.6. The van der Waals surface area contributed by atoms with E-state index in [1.165, 1.54) is 71.3 Å². The summed E-state index contributed by atoms with van der Waals surface area (Å²) in [5.74, 6) is 0.714. The topological polar surface area (TPSA) is 9.23 Å². The van der Waals surface area contributed by atoms with Gasteiger partial charge in [-0.25, -0.2) is 4.39 Å². The maximum Gasteiger partial charge on any atom is 0.200 e. The zero-order valence-electron chi connectivity index (χ0n) is 15.5. The first kappa shape index (κ1) is 18.7. The highest BCUT2D eigenvalue weighted by Gasteiger charge is 2.31. The van der Waals surface area contributed by atoms with Crippen molar-refractivity contribution in [2.75, 3.05) is 7.11 Å². The predicted molar refractivity (Wildman–Crippen MR) is 97.9 cm³/mol. The number of hydrogen-bond donors (Lipinski definition) is 0. The van der Waals surface area contributed by atoms with Crippen molar-refractivity contribution in [1.82, 2.24) is 0 Å². The van der Waals surface area contributed by atoms with Gasteiger partial charge in [-0.05, 0) is 42.2 Å². The van der Waals surface area contributed by atoms with Crippen LogP contribution in [0, 0.1) is 29.4 Å². The van der Waals surface area contributed by atoms with Crippen molar-refractivity contribution in [1.29, 1.82) is 0 Å². The summed E-state index contributed by atoms with van der Waals surface area (Å²) < 4.78 is 33.2. The van der Waals surface area contributed by atoms with E-state index in [0.29, 0.717) is 17.9 Å². The van der Waals surface area contributed by atoms with Gasteiger partial charge in [0.1, 0.15) is 0 Å². The van der Waals surface area contributed by atoms with Gasteiger partial charge in [-0.2, -0.15) is 4.39 Å². The Kier molecular flexibility index (Phi) is 6.72. The summed E-state index contributed by atoms with van der Waals surface area (Å²) in [6.07, 6.45) is 15.1. The molecule has 0 N–H and O–H groups in total. The lowest BCUT2D eigenvalue weighted by molar-refractivity contribution is 0.134. The number of halogens is 2. The minimum absolute atomic E-state index is 0.00244. The van der Waals surface area contributed by atoms with Crippen LogP contribution >= 0.6 is 0 Å². The SMILES string of the molecule is COc1ccc(CCC(C2CCCCC2)C2CCCCC2)c(F)c1F. The van der Waals surface area contributed by atoms with E-state index in [9.17, 15) is 8.78 Å². The van der Waals surface area contributed by atoms with E-state index in [0.717, 1.165) is 18.3 Å². The Hall–Kier alpha value is -1.12. The first-order valence-corrected chi connectivity index (χ1v) is 10.2. The second-order valence-electron chi connectivity index (χ2n) is 8.05. The molecule has 2 fully saturated rings. The number of rotatable bonds is 6. The van der Waals surface area contributed by atoms with Gasteiger partial charge in [0, 0.05) is 0 Å². The number of ether oxygens (including phenoxy) is 1. The standard InChI is InChI=1S/C22H32F2O/c1-25-20-15-13-18(21(23)22(20)24)12-14-19(16-8-4-2-5-9-16)17-10-6-3-7-11-17/h13,15-17,19H,2-12,14H2,1H3. The summed E-state index contributed by atoms with van der Waals surface area (Å²) in [6.45, 7) is 0. The molecule has 3 rings (SSSR count). The van der Waals surface area contributed by atoms with E-state index in [4.69, 9.17) is 4.74 Å². The lowest BCUT2D eigenvalue weighted by Crippen LogP contribution is -2.28. The molecule has 2 aliphatic rings. The predicted octanol–water partition coefficient (Wildman–Crippen LogP) is 6.68. The van der Waals surface area contributed by atoms with E-state index in [1.807, 2.05) is 0 Å². The summed E-state index contributed by atoms with van der Waals surface area (Å²) in [6, 6.07) is 3.26. The van der Waals surface area contributed by atoms with Crippen LogP contribution in [-0.4, -0.2) is 7.11 Å². The van der Waals surface area contributed by atoms with Crippen molar-refractivity contribution in [2.24, 2.45) is 17.8 Å². The van der Waals surface area contributed by atoms with Gasteiger partial charge < -0.3 is 4.74 Å². The van der Waals surface area contributed by atoms with Gasteiger partial charge in [0.2, 0.25) is 5.82 Å². The summed E-state index contributed by atoms with van der Waals surface area (Å²) in [5.41, 5.74) is 0.509. The summed E-state index contributed by atoms with van der Waals surface area (Å²) in [7, 11) is 1.37. The van der Waals surface area contributed by atoms with Gasteiger partial charge in [-0.1, -0.05) is 70.3 Å². The van der Waals surface area contributed by atoms with Gasteiger partial charge in [0.05, 0.1) is 7.11 Å². The Morgan fingerprint density at radius 3 is 1.96 bits per heavy atom. The molecule has 0 spiro atoms. The smallest absolute Gasteiger partial charge is 0.200 e. The highest BCUT2D eigenvalue weighted by Crippen LogP contribution is 2.42. The van der Waals surface area contributed by atoms with Crippen LogP contribution in [0.5, 0.6) is 5.75 Å². The molecular formula is C22H32F2O. The van der Waals surface area contributed by atoms with Crippen molar-refractivity contribution in [2.45, 2.75) is 77.0 Å². The van der Waals surface area contributed by atoms with Gasteiger partial charge in [0.25, 0.3) is 0 Å². The Balaban J connectivity index is 1.70. The van der Waals surface area contributed by atoms with E-state index >= 15 is 0 Å². The van der Waals surface area contributed by atoms with Gasteiger partial charge in [-0.15, -0.1) is 0 Å². The Morgan fingerprint density at radius 1 is 0.880 bits per heavy atom. The molecule has 140 valence electrons. The second-order valence-corrected chi connectivity index (χ2v) is 8.05. The molecule has 0 unspecified atom stereocenters. The Labute approximate surface area is 151 Å². The van der Waals surface area contributed by atoms with E-state index in [1.54, 1.807) is 12.1 Å². The van der Waals surface area contributed by atoms with Crippen molar-refractivity contribution < 1.29 is 13.5 Å². The number of benzene rings is 1. The van der Waals surface area contributed by atoms with Gasteiger partial charge in [0.15, 0.2) is 11.6 Å². The minimum atomic E-state index is -0.841. The Morgan fingerprint density at radius 2 is 1.44 bits per heavy atom. The molecule has 2 saturated carbocycles. The molecule has 0 saturated heterocycles. The molecule has 1 aromatic carbocycles. The average molecular weight is 350 g/mol. The molecule has 0 bridgehead atoms. The van der Waals surface area contributed by atoms with Crippen LogP contribution in [0.15, 0.2) is 12.1 Å². The van der Waals surface area contributed by atoms with Crippen molar-refractivity contribution in [3.8, 4) is 5.75 Å². The third-order valence-electron chi connectivity index (χ3n) is 6.60. The number of aryl methyl sites for hydroxylation is 1. The first-order chi connectivity index (χ1) is 12.2. The molecule has 0 atom stereocenters. The average Bonchev–Trinajstić information content (AvgIpc) is 2.67. The molecule has 0 heterocycles. The van der Waals surface area contributed by atoms with E-state index < -0.39 is 11.6 Å². The van der Waals surface area contributed by atoms with Crippen LogP contribution in [0.25, 0.3) is 0 Å². The molecule has 25 heavy (non-hydrogen) atoms. The van der Waals surface area contributed by atoms with Crippen LogP contribution in [-0.2, 0) is 6.42 Å². The third-order valence-corrected chi connectivity index (χ3v) is 6.60. The third kappa shape index (κ3) is 4.54. The van der Waals surface area contributed by atoms with Crippen LogP contribution < -0.4 is 4.74 Å². The zero-order valence-corrected chi connectivity index (χ0v) is 15.5. The molecule has 3 heteroatoms. The monoisotopic (exact) mass is 350 g/mol. The summed E-state index contributed by atoms with van der Waals surface area (Å²) in [4.78, 5) is 0. The maximum absolute atomic E-state index is 14.3. The largest absolute Gasteiger partial charge is 0.494 e. The Bertz CT molecular complexity index is 527. The molecule has 1 nitrogen and oxygen atoms in total. The molecule has 0 radical (unpaired) electrons. The van der Waals surface area contributed by atoms with Crippen molar-refractivity contribution in [3.63, 3.8) is 0 Å². The number of methoxy groups -OCH3 is 1. The van der Waals surface area contributed by atoms with E-state index in [2.05, 4.69) is 0 Å². The highest BCUT2D eigenvalue weighted by atomic mass is 19.2. The first-order valence-electron chi connectivity index (χ1n) is 10.2. The molecule has 0 aliphatic heterocycles. The fraction of sp³-hybridized carbons (Fsp3) is 0.727. The lowest BCUT2D eigenvalue weighted by Gasteiger charge is -2.38. The van der Waals surface area contributed by atoms with Crippen LogP contribution in [0.1, 0.15) is 76.2 Å². The van der Waals surface area contributed by atoms with Gasteiger partial charge >= 0.3 is 0 Å². The fourth-order valence-electron chi connectivity index (χ4n) is 5.23. The van der Waals surface area contributed by atoms with Crippen LogP contribution in [0.4, 0.5) is 8.78 Å². The second kappa shape index (κ2) is 9.00. The highest BCUT2D eigenvalue weighted by molar-refractivity contribution is 5.31. The van der Waals surface area contributed by atoms with Crippen molar-refractivity contribution in [3.05, 3.63) is 29.3 Å². The van der Waals surface area contributed by atoms with Crippen LogP contribution in [0.3, 0.4) is 0 Å². The van der Waals surface area contributed by atoms with Gasteiger partial charge in [-0.3, -0.25) is 0 Å². The quantitative estimate of drug-likeness (QED) is 0.556. The molecule has 1 aromatic rings. The minimum Gasteiger partial charge on any atom is -0.494 e. The summed E-state index contributed by atoms with van der Waals surface area (Å²) in [5, 5.41) is 0. The van der Waals surface area contributed by atoms with E-state index in [-0.39, 0.29) is 5.75 Å². The summed E-state index contributed by atoms with van der Waals surface area (Å²) >= 11 is 0. The molecule has 0 aromatic heterocycles. The number of hydrogen-bond acceptors (Lipinski definition) is 1. The maximum atomic E-state index is 14.3. The molecule has 0 amide bonds. The normalized spacial score (nSPS) is 20.2. The lowest BCUT2D eigenvalue weighted by atomic mass is 9.68. The fourth-order valence-corrected chi connectivity index (χ4v) is 5.23. The molecule has 2 aliphatic carbocycles.